The van der Waals surface area contributed by atoms with Gasteiger partial charge < -0.3 is 10.4 Å². The molecule has 1 aromatic carbocycles. The fourth-order valence-corrected chi connectivity index (χ4v) is 2.25. The topological polar surface area (TPSA) is 84.2 Å². The molecule has 6 nitrogen and oxygen atoms in total. The molecular weight excluding hydrogens is 270 g/mol. The van der Waals surface area contributed by atoms with Crippen LogP contribution in [0.1, 0.15) is 12.0 Å². The minimum absolute atomic E-state index is 0.199. The molecule has 0 radical (unpaired) electrons. The molecule has 2 atom stereocenters. The average Bonchev–Trinajstić information content (AvgIpc) is 3.17. The summed E-state index contributed by atoms with van der Waals surface area (Å²) >= 11 is 0. The highest BCUT2D eigenvalue weighted by atomic mass is 16.4. The zero-order valence-corrected chi connectivity index (χ0v) is 11.3. The molecule has 21 heavy (non-hydrogen) atoms. The van der Waals surface area contributed by atoms with Crippen molar-refractivity contribution in [3.05, 3.63) is 48.3 Å². The minimum Gasteiger partial charge on any atom is -0.481 e. The second-order valence-electron chi connectivity index (χ2n) is 5.13. The molecule has 0 bridgehead atoms. The Morgan fingerprint density at radius 1 is 1.29 bits per heavy atom. The van der Waals surface area contributed by atoms with Gasteiger partial charge in [-0.25, -0.2) is 4.68 Å². The number of carbonyl (C=O) groups excluding carboxylic acids is 1. The van der Waals surface area contributed by atoms with Crippen molar-refractivity contribution in [3.63, 3.8) is 0 Å². The van der Waals surface area contributed by atoms with Crippen molar-refractivity contribution >= 4 is 11.9 Å². The van der Waals surface area contributed by atoms with E-state index >= 15 is 0 Å². The van der Waals surface area contributed by atoms with Crippen molar-refractivity contribution in [2.45, 2.75) is 13.0 Å². The molecule has 6 heteroatoms. The fraction of sp³-hybridized carbons (Fsp3) is 0.267. The van der Waals surface area contributed by atoms with E-state index in [2.05, 4.69) is 10.4 Å². The SMILES string of the molecule is O=C(NCc1cnn(-c2ccccc2)c1)[C@H]1C[C@H]1C(=O)O. The molecule has 108 valence electrons. The van der Waals surface area contributed by atoms with Gasteiger partial charge in [-0.1, -0.05) is 18.2 Å². The number of carbonyl (C=O) groups is 2. The number of hydrogen-bond acceptors (Lipinski definition) is 3. The summed E-state index contributed by atoms with van der Waals surface area (Å²) in [6.07, 6.45) is 3.97. The van der Waals surface area contributed by atoms with Gasteiger partial charge in [-0.2, -0.15) is 5.10 Å². The summed E-state index contributed by atoms with van der Waals surface area (Å²) < 4.78 is 1.73. The number of para-hydroxylation sites is 1. The molecule has 0 saturated heterocycles. The van der Waals surface area contributed by atoms with Gasteiger partial charge >= 0.3 is 5.97 Å². The van der Waals surface area contributed by atoms with Gasteiger partial charge in [0.15, 0.2) is 0 Å². The maximum absolute atomic E-state index is 11.8. The molecule has 1 aliphatic carbocycles. The number of benzene rings is 1. The molecule has 1 heterocycles. The van der Waals surface area contributed by atoms with E-state index in [4.69, 9.17) is 5.11 Å². The minimum atomic E-state index is -0.896. The molecule has 1 amide bonds. The van der Waals surface area contributed by atoms with Crippen LogP contribution >= 0.6 is 0 Å². The highest BCUT2D eigenvalue weighted by Gasteiger charge is 2.48. The second-order valence-corrected chi connectivity index (χ2v) is 5.13. The smallest absolute Gasteiger partial charge is 0.307 e. The lowest BCUT2D eigenvalue weighted by atomic mass is 10.3. The van der Waals surface area contributed by atoms with Crippen LogP contribution in [0.15, 0.2) is 42.7 Å². The van der Waals surface area contributed by atoms with Gasteiger partial charge in [0.1, 0.15) is 0 Å². The quantitative estimate of drug-likeness (QED) is 0.864. The molecule has 3 rings (SSSR count). The zero-order chi connectivity index (χ0) is 14.8. The predicted molar refractivity (Wildman–Crippen MR) is 74.6 cm³/mol. The molecule has 2 aromatic rings. The number of nitrogens with one attached hydrogen (secondary N) is 1. The van der Waals surface area contributed by atoms with Gasteiger partial charge in [-0.15, -0.1) is 0 Å². The average molecular weight is 285 g/mol. The number of hydrogen-bond donors (Lipinski definition) is 2. The molecule has 1 fully saturated rings. The summed E-state index contributed by atoms with van der Waals surface area (Å²) in [5, 5.41) is 15.8. The molecule has 0 unspecified atom stereocenters. The zero-order valence-electron chi connectivity index (χ0n) is 11.3. The number of aromatic nitrogens is 2. The largest absolute Gasteiger partial charge is 0.481 e. The lowest BCUT2D eigenvalue weighted by molar-refractivity contribution is -0.140. The Kier molecular flexibility index (Phi) is 3.43. The van der Waals surface area contributed by atoms with Crippen LogP contribution in [0.3, 0.4) is 0 Å². The van der Waals surface area contributed by atoms with Crippen LogP contribution < -0.4 is 5.32 Å². The lowest BCUT2D eigenvalue weighted by Crippen LogP contribution is -2.25. The van der Waals surface area contributed by atoms with E-state index in [-0.39, 0.29) is 11.8 Å². The third kappa shape index (κ3) is 2.94. The monoisotopic (exact) mass is 285 g/mol. The summed E-state index contributed by atoms with van der Waals surface area (Å²) in [5.74, 6) is -1.99. The van der Waals surface area contributed by atoms with E-state index in [0.717, 1.165) is 11.3 Å². The highest BCUT2D eigenvalue weighted by molar-refractivity contribution is 5.89. The maximum Gasteiger partial charge on any atom is 0.307 e. The van der Waals surface area contributed by atoms with Crippen LogP contribution in [0.2, 0.25) is 0 Å². The first kappa shape index (κ1) is 13.4. The van der Waals surface area contributed by atoms with Crippen LogP contribution in [-0.2, 0) is 16.1 Å². The van der Waals surface area contributed by atoms with Gasteiger partial charge in [0.25, 0.3) is 0 Å². The number of carboxylic acid groups (broad SMARTS) is 1. The molecule has 0 aliphatic heterocycles. The first-order valence-electron chi connectivity index (χ1n) is 6.74. The van der Waals surface area contributed by atoms with Gasteiger partial charge in [-0.3, -0.25) is 9.59 Å². The van der Waals surface area contributed by atoms with Crippen molar-refractivity contribution in [1.82, 2.24) is 15.1 Å². The summed E-state index contributed by atoms with van der Waals surface area (Å²) in [5.41, 5.74) is 1.82. The van der Waals surface area contributed by atoms with Crippen molar-refractivity contribution in [1.29, 1.82) is 0 Å². The Labute approximate surface area is 121 Å². The normalized spacial score (nSPS) is 20.0. The van der Waals surface area contributed by atoms with E-state index in [1.54, 1.807) is 10.9 Å². The first-order chi connectivity index (χ1) is 10.1. The van der Waals surface area contributed by atoms with E-state index in [1.807, 2.05) is 36.5 Å². The Bertz CT molecular complexity index is 666. The summed E-state index contributed by atoms with van der Waals surface area (Å²) in [7, 11) is 0. The summed E-state index contributed by atoms with van der Waals surface area (Å²) in [6, 6.07) is 9.67. The molecule has 1 aromatic heterocycles. The van der Waals surface area contributed by atoms with Gasteiger partial charge in [0.05, 0.1) is 23.7 Å². The second kappa shape index (κ2) is 5.40. The Balaban J connectivity index is 1.56. The van der Waals surface area contributed by atoms with E-state index in [0.29, 0.717) is 13.0 Å². The molecule has 2 N–H and O–H groups in total. The van der Waals surface area contributed by atoms with Crippen LogP contribution in [0, 0.1) is 11.8 Å². The number of nitrogens with zero attached hydrogens (tertiary/aromatic N) is 2. The number of rotatable bonds is 5. The van der Waals surface area contributed by atoms with E-state index in [1.165, 1.54) is 0 Å². The molecule has 0 spiro atoms. The lowest BCUT2D eigenvalue weighted by Gasteiger charge is -2.02. The van der Waals surface area contributed by atoms with E-state index < -0.39 is 11.9 Å². The van der Waals surface area contributed by atoms with Crippen molar-refractivity contribution in [2.75, 3.05) is 0 Å². The Morgan fingerprint density at radius 3 is 2.71 bits per heavy atom. The van der Waals surface area contributed by atoms with Crippen LogP contribution in [0.25, 0.3) is 5.69 Å². The van der Waals surface area contributed by atoms with Crippen molar-refractivity contribution in [2.24, 2.45) is 11.8 Å². The van der Waals surface area contributed by atoms with Gasteiger partial charge in [-0.05, 0) is 18.6 Å². The molecule has 1 aliphatic rings. The van der Waals surface area contributed by atoms with Crippen molar-refractivity contribution < 1.29 is 14.7 Å². The number of amides is 1. The van der Waals surface area contributed by atoms with Gasteiger partial charge in [0.2, 0.25) is 5.91 Å². The third-order valence-corrected chi connectivity index (χ3v) is 3.57. The summed E-state index contributed by atoms with van der Waals surface area (Å²) in [4.78, 5) is 22.5. The van der Waals surface area contributed by atoms with E-state index in [9.17, 15) is 9.59 Å². The summed E-state index contributed by atoms with van der Waals surface area (Å²) in [6.45, 7) is 0.356. The van der Waals surface area contributed by atoms with Crippen LogP contribution in [-0.4, -0.2) is 26.8 Å². The van der Waals surface area contributed by atoms with Gasteiger partial charge in [0, 0.05) is 18.3 Å². The van der Waals surface area contributed by atoms with Crippen molar-refractivity contribution in [3.8, 4) is 5.69 Å². The van der Waals surface area contributed by atoms with Crippen LogP contribution in [0.5, 0.6) is 0 Å². The fourth-order valence-electron chi connectivity index (χ4n) is 2.25. The number of carboxylic acids is 1. The number of aliphatic carboxylic acids is 1. The Hall–Kier alpha value is -2.63. The maximum atomic E-state index is 11.8. The molecular formula is C15H15N3O3. The van der Waals surface area contributed by atoms with Crippen LogP contribution in [0.4, 0.5) is 0 Å². The standard InChI is InChI=1S/C15H15N3O3/c19-14(12-6-13(12)15(20)21)16-7-10-8-17-18(9-10)11-4-2-1-3-5-11/h1-5,8-9,12-13H,6-7H2,(H,16,19)(H,20,21)/t12-,13+/m0/s1. The first-order valence-corrected chi connectivity index (χ1v) is 6.74. The highest BCUT2D eigenvalue weighted by Crippen LogP contribution is 2.38. The molecule has 1 saturated carbocycles. The third-order valence-electron chi connectivity index (χ3n) is 3.57. The predicted octanol–water partition coefficient (Wildman–Crippen LogP) is 1.21. The Morgan fingerprint density at radius 2 is 2.05 bits per heavy atom.